The van der Waals surface area contributed by atoms with E-state index in [-0.39, 0.29) is 0 Å². The van der Waals surface area contributed by atoms with Gasteiger partial charge in [0.2, 0.25) is 11.7 Å². The van der Waals surface area contributed by atoms with Crippen molar-refractivity contribution in [3.8, 4) is 34.4 Å². The maximum absolute atomic E-state index is 5.63. The number of hydrogen-bond donors (Lipinski definition) is 0. The van der Waals surface area contributed by atoms with Crippen molar-refractivity contribution in [1.82, 2.24) is 37.6 Å². The van der Waals surface area contributed by atoms with E-state index in [1.807, 2.05) is 0 Å². The number of para-hydroxylation sites is 10. The van der Waals surface area contributed by atoms with E-state index in [4.69, 9.17) is 15.0 Å². The molecule has 0 radical (unpaired) electrons. The molecule has 8 nitrogen and oxygen atoms in total. The fraction of sp³-hybridized carbons (Fsp3) is 0. The standard InChI is InChI=1S/C59H36N8/c1-8-24-47-38(17-1)39-18-2-9-25-48(39)64(47)52-29-13-6-22-43(52)46-36-57(65-49-26-10-3-19-40(49)41-20-4-11-27-50(41)65)62-58(60-46)66-51-28-12-5-21-42(51)44-35-37(33-34-53(44)66)63-55-31-15-16-32-56(55)67-54-30-14-7-23-45(54)61-59(63)67/h1-36H. The number of rotatable bonds is 5. The molecule has 0 N–H and O–H groups in total. The molecule has 0 saturated carbocycles. The second-order valence-corrected chi connectivity index (χ2v) is 17.3. The molecule has 0 unspecified atom stereocenters. The second kappa shape index (κ2) is 13.6. The predicted molar refractivity (Wildman–Crippen MR) is 274 cm³/mol. The molecule has 0 amide bonds. The number of aromatic nitrogens is 8. The molecular weight excluding hydrogens is 821 g/mol. The quantitative estimate of drug-likeness (QED) is 0.173. The fourth-order valence-electron chi connectivity index (χ4n) is 10.9. The van der Waals surface area contributed by atoms with Crippen LogP contribution in [0, 0.1) is 0 Å². The smallest absolute Gasteiger partial charge is 0.237 e. The van der Waals surface area contributed by atoms with Gasteiger partial charge in [0.1, 0.15) is 5.82 Å². The lowest BCUT2D eigenvalue weighted by Crippen LogP contribution is -2.08. The number of nitrogens with zero attached hydrogens (tertiary/aromatic N) is 8. The summed E-state index contributed by atoms with van der Waals surface area (Å²) in [6.07, 6.45) is 0. The molecule has 0 aliphatic carbocycles. The van der Waals surface area contributed by atoms with Crippen molar-refractivity contribution < 1.29 is 0 Å². The summed E-state index contributed by atoms with van der Waals surface area (Å²) >= 11 is 0. The Morgan fingerprint density at radius 1 is 0.299 bits per heavy atom. The van der Waals surface area contributed by atoms with Gasteiger partial charge in [-0.15, -0.1) is 0 Å². The Labute approximate surface area is 382 Å². The number of hydrogen-bond acceptors (Lipinski definition) is 3. The zero-order valence-electron chi connectivity index (χ0n) is 35.9. The zero-order valence-corrected chi connectivity index (χ0v) is 35.9. The second-order valence-electron chi connectivity index (χ2n) is 17.3. The molecule has 0 saturated heterocycles. The molecule has 67 heavy (non-hydrogen) atoms. The van der Waals surface area contributed by atoms with Gasteiger partial charge >= 0.3 is 0 Å². The average Bonchev–Trinajstić information content (AvgIpc) is 4.18. The van der Waals surface area contributed by atoms with Crippen molar-refractivity contribution in [1.29, 1.82) is 0 Å². The van der Waals surface area contributed by atoms with Crippen molar-refractivity contribution in [2.75, 3.05) is 0 Å². The lowest BCUT2D eigenvalue weighted by Gasteiger charge is -2.17. The molecule has 15 aromatic rings. The van der Waals surface area contributed by atoms with Gasteiger partial charge < -0.3 is 4.57 Å². The van der Waals surface area contributed by atoms with Crippen LogP contribution >= 0.6 is 0 Å². The van der Waals surface area contributed by atoms with Gasteiger partial charge in [0.15, 0.2) is 0 Å². The first kappa shape index (κ1) is 36.1. The van der Waals surface area contributed by atoms with E-state index >= 15 is 0 Å². The molecular formula is C59H36N8. The lowest BCUT2D eigenvalue weighted by atomic mass is 10.1. The van der Waals surface area contributed by atoms with Crippen LogP contribution < -0.4 is 0 Å². The van der Waals surface area contributed by atoms with Crippen LogP contribution in [0.15, 0.2) is 218 Å². The van der Waals surface area contributed by atoms with Gasteiger partial charge in [0, 0.05) is 49.6 Å². The Morgan fingerprint density at radius 2 is 0.776 bits per heavy atom. The monoisotopic (exact) mass is 856 g/mol. The first-order valence-electron chi connectivity index (χ1n) is 22.6. The zero-order chi connectivity index (χ0) is 43.7. The molecule has 15 rings (SSSR count). The molecule has 0 fully saturated rings. The largest absolute Gasteiger partial charge is 0.309 e. The van der Waals surface area contributed by atoms with Crippen LogP contribution in [0.4, 0.5) is 0 Å². The number of fused-ring (bicyclic) bond motifs is 14. The van der Waals surface area contributed by atoms with E-state index in [2.05, 4.69) is 241 Å². The van der Waals surface area contributed by atoms with Crippen molar-refractivity contribution in [2.45, 2.75) is 0 Å². The summed E-state index contributed by atoms with van der Waals surface area (Å²) in [7, 11) is 0. The van der Waals surface area contributed by atoms with Crippen molar-refractivity contribution in [2.24, 2.45) is 0 Å². The van der Waals surface area contributed by atoms with Gasteiger partial charge in [0.05, 0.1) is 66.5 Å². The first-order chi connectivity index (χ1) is 33.3. The van der Waals surface area contributed by atoms with E-state index in [9.17, 15) is 0 Å². The maximum Gasteiger partial charge on any atom is 0.237 e. The molecule has 312 valence electrons. The summed E-state index contributed by atoms with van der Waals surface area (Å²) in [6.45, 7) is 0. The van der Waals surface area contributed by atoms with Crippen LogP contribution in [-0.4, -0.2) is 37.6 Å². The summed E-state index contributed by atoms with van der Waals surface area (Å²) in [5, 5.41) is 6.97. The van der Waals surface area contributed by atoms with Gasteiger partial charge in [0.25, 0.3) is 0 Å². The van der Waals surface area contributed by atoms with Crippen molar-refractivity contribution in [3.63, 3.8) is 0 Å². The Morgan fingerprint density at radius 3 is 1.42 bits per heavy atom. The SMILES string of the molecule is c1ccc(-n2c3ccccc3c3ccccc32)c(-c2cc(-n3c4ccccc4c4ccccc43)nc(-n3c4ccccc4c4cc(-n5c6ccccc6n6c7ccccc7nc56)ccc43)n2)c1. The third-order valence-corrected chi connectivity index (χ3v) is 13.7. The third kappa shape index (κ3) is 5.03. The minimum Gasteiger partial charge on any atom is -0.309 e. The molecule has 0 atom stereocenters. The average molecular weight is 857 g/mol. The Hall–Kier alpha value is -9.27. The highest BCUT2D eigenvalue weighted by Crippen LogP contribution is 2.40. The summed E-state index contributed by atoms with van der Waals surface area (Å²) in [5.41, 5.74) is 14.6. The number of benzene rings is 9. The van der Waals surface area contributed by atoms with Crippen molar-refractivity contribution in [3.05, 3.63) is 218 Å². The van der Waals surface area contributed by atoms with Crippen LogP contribution in [0.5, 0.6) is 0 Å². The summed E-state index contributed by atoms with van der Waals surface area (Å²) in [6, 6.07) is 77.6. The van der Waals surface area contributed by atoms with Crippen LogP contribution in [0.3, 0.4) is 0 Å². The molecule has 0 aliphatic rings. The lowest BCUT2D eigenvalue weighted by molar-refractivity contribution is 0.951. The third-order valence-electron chi connectivity index (χ3n) is 13.7. The van der Waals surface area contributed by atoms with Gasteiger partial charge in [-0.2, -0.15) is 4.98 Å². The minimum atomic E-state index is 0.582. The molecule has 6 aromatic heterocycles. The Balaban J connectivity index is 1.02. The molecule has 8 heteroatoms. The highest BCUT2D eigenvalue weighted by atomic mass is 15.2. The van der Waals surface area contributed by atoms with E-state index < -0.39 is 0 Å². The van der Waals surface area contributed by atoms with E-state index in [1.165, 1.54) is 21.5 Å². The topological polar surface area (TPSA) is 62.8 Å². The summed E-state index contributed by atoms with van der Waals surface area (Å²) in [5.74, 6) is 2.24. The van der Waals surface area contributed by atoms with E-state index in [0.29, 0.717) is 5.95 Å². The Kier molecular flexibility index (Phi) is 7.34. The van der Waals surface area contributed by atoms with Crippen LogP contribution in [0.1, 0.15) is 0 Å². The normalized spacial score (nSPS) is 12.2. The summed E-state index contributed by atoms with van der Waals surface area (Å²) in [4.78, 5) is 16.4. The van der Waals surface area contributed by atoms with E-state index in [1.54, 1.807) is 0 Å². The van der Waals surface area contributed by atoms with Gasteiger partial charge in [-0.3, -0.25) is 18.1 Å². The van der Waals surface area contributed by atoms with Crippen LogP contribution in [0.25, 0.3) is 128 Å². The maximum atomic E-state index is 5.63. The molecule has 9 aromatic carbocycles. The Bertz CT molecular complexity index is 4430. The molecule has 6 heterocycles. The van der Waals surface area contributed by atoms with Gasteiger partial charge in [-0.25, -0.2) is 9.97 Å². The first-order valence-corrected chi connectivity index (χ1v) is 22.6. The van der Waals surface area contributed by atoms with Crippen LogP contribution in [0.2, 0.25) is 0 Å². The van der Waals surface area contributed by atoms with Crippen LogP contribution in [-0.2, 0) is 0 Å². The van der Waals surface area contributed by atoms with Crippen molar-refractivity contribution >= 4 is 93.3 Å². The van der Waals surface area contributed by atoms with Gasteiger partial charge in [-0.05, 0) is 78.9 Å². The minimum absolute atomic E-state index is 0.582. The molecule has 0 bridgehead atoms. The van der Waals surface area contributed by atoms with E-state index in [0.717, 1.165) is 100 Å². The van der Waals surface area contributed by atoms with Gasteiger partial charge in [-0.1, -0.05) is 133 Å². The highest BCUT2D eigenvalue weighted by molar-refractivity contribution is 6.12. The molecule has 0 spiro atoms. The summed E-state index contributed by atoms with van der Waals surface area (Å²) < 4.78 is 11.5. The molecule has 0 aliphatic heterocycles. The fourth-order valence-corrected chi connectivity index (χ4v) is 10.9. The predicted octanol–water partition coefficient (Wildman–Crippen LogP) is 14.2. The number of imidazole rings is 2. The highest BCUT2D eigenvalue weighted by Gasteiger charge is 2.23.